The van der Waals surface area contributed by atoms with Crippen molar-refractivity contribution in [2.75, 3.05) is 0 Å². The summed E-state index contributed by atoms with van der Waals surface area (Å²) in [6.07, 6.45) is 1.15. The fraction of sp³-hybridized carbons (Fsp3) is 0.294. The average molecular weight is 422 g/mol. The molecule has 0 atom stereocenters. The molecule has 1 aromatic carbocycles. The Bertz CT molecular complexity index is 887. The predicted octanol–water partition coefficient (Wildman–Crippen LogP) is 4.70. The van der Waals surface area contributed by atoms with Gasteiger partial charge in [-0.2, -0.15) is 0 Å². The number of hydrogen-bond donors (Lipinski definition) is 0. The fourth-order valence-corrected chi connectivity index (χ4v) is 3.72. The van der Waals surface area contributed by atoms with E-state index in [1.54, 1.807) is 6.07 Å². The first-order chi connectivity index (χ1) is 10.7. The molecule has 0 fully saturated rings. The third-order valence-corrected chi connectivity index (χ3v) is 4.63. The summed E-state index contributed by atoms with van der Waals surface area (Å²) in [5, 5.41) is 11.7. The van der Waals surface area contributed by atoms with Crippen LogP contribution in [0.3, 0.4) is 0 Å². The van der Waals surface area contributed by atoms with E-state index in [1.807, 2.05) is 13.8 Å². The number of aromatic nitrogens is 1. The summed E-state index contributed by atoms with van der Waals surface area (Å²) in [7, 11) is 0. The highest BCUT2D eigenvalue weighted by molar-refractivity contribution is 14.1. The van der Waals surface area contributed by atoms with E-state index >= 15 is 0 Å². The molecule has 3 rings (SSSR count). The Morgan fingerprint density at radius 1 is 1.39 bits per heavy atom. The molecule has 23 heavy (non-hydrogen) atoms. The van der Waals surface area contributed by atoms with E-state index in [-0.39, 0.29) is 16.9 Å². The Morgan fingerprint density at radius 3 is 2.70 bits per heavy atom. The maximum Gasteiger partial charge on any atom is 0.270 e. The average Bonchev–Trinajstić information content (AvgIpc) is 2.42. The van der Waals surface area contributed by atoms with Crippen molar-refractivity contribution in [1.29, 1.82) is 0 Å². The maximum absolute atomic E-state index is 12.7. The molecule has 1 heterocycles. The van der Waals surface area contributed by atoms with Crippen molar-refractivity contribution in [2.24, 2.45) is 5.41 Å². The highest BCUT2D eigenvalue weighted by Crippen LogP contribution is 2.41. The van der Waals surface area contributed by atoms with E-state index in [4.69, 9.17) is 0 Å². The molecule has 0 spiro atoms. The molecule has 5 nitrogen and oxygen atoms in total. The minimum atomic E-state index is -0.441. The van der Waals surface area contributed by atoms with E-state index in [1.165, 1.54) is 12.1 Å². The van der Waals surface area contributed by atoms with Crippen molar-refractivity contribution >= 4 is 48.5 Å². The highest BCUT2D eigenvalue weighted by Gasteiger charge is 2.35. The van der Waals surface area contributed by atoms with Gasteiger partial charge in [0.1, 0.15) is 0 Å². The summed E-state index contributed by atoms with van der Waals surface area (Å²) >= 11 is 2.07. The number of Topliss-reactive ketones (excluding diaryl/α,β-unsaturated/α-hetero) is 1. The topological polar surface area (TPSA) is 73.1 Å². The van der Waals surface area contributed by atoms with Gasteiger partial charge in [-0.1, -0.05) is 20.4 Å². The monoisotopic (exact) mass is 422 g/mol. The van der Waals surface area contributed by atoms with E-state index < -0.39 is 4.92 Å². The molecule has 0 amide bonds. The number of non-ortho nitro benzene ring substituents is 1. The van der Waals surface area contributed by atoms with Crippen LogP contribution in [0.4, 0.5) is 5.69 Å². The van der Waals surface area contributed by atoms with Gasteiger partial charge in [0.15, 0.2) is 5.78 Å². The van der Waals surface area contributed by atoms with Crippen LogP contribution in [0.2, 0.25) is 0 Å². The second kappa shape index (κ2) is 5.36. The Balaban J connectivity index is 2.40. The van der Waals surface area contributed by atoms with Gasteiger partial charge in [-0.25, -0.2) is 0 Å². The molecule has 0 radical (unpaired) electrons. The van der Waals surface area contributed by atoms with Crippen LogP contribution in [-0.4, -0.2) is 15.7 Å². The zero-order valence-electron chi connectivity index (χ0n) is 12.9. The van der Waals surface area contributed by atoms with Crippen LogP contribution < -0.4 is 0 Å². The van der Waals surface area contributed by atoms with Gasteiger partial charge in [-0.05, 0) is 40.5 Å². The van der Waals surface area contributed by atoms with Gasteiger partial charge in [-0.15, -0.1) is 0 Å². The molecule has 6 heteroatoms. The second-order valence-corrected chi connectivity index (χ2v) is 7.92. The lowest BCUT2D eigenvalue weighted by molar-refractivity contribution is -0.384. The van der Waals surface area contributed by atoms with Crippen molar-refractivity contribution in [3.8, 4) is 0 Å². The van der Waals surface area contributed by atoms with Crippen molar-refractivity contribution < 1.29 is 9.72 Å². The smallest absolute Gasteiger partial charge is 0.270 e. The normalized spacial score (nSPS) is 16.2. The summed E-state index contributed by atoms with van der Waals surface area (Å²) in [5.41, 5.74) is 2.55. The molecule has 0 saturated carbocycles. The number of pyridine rings is 1. The molecule has 0 saturated heterocycles. The number of ketones is 1. The summed E-state index contributed by atoms with van der Waals surface area (Å²) in [5.74, 6) is 0.0324. The van der Waals surface area contributed by atoms with E-state index in [0.29, 0.717) is 38.5 Å². The molecular formula is C17H15IN2O3. The van der Waals surface area contributed by atoms with Crippen LogP contribution >= 0.6 is 22.6 Å². The molecule has 1 aromatic heterocycles. The number of halogens is 1. The Morgan fingerprint density at radius 2 is 2.09 bits per heavy atom. The number of nitro groups is 1. The number of nitro benzene ring substituents is 1. The highest BCUT2D eigenvalue weighted by atomic mass is 127. The molecular weight excluding hydrogens is 407 g/mol. The van der Waals surface area contributed by atoms with E-state index in [9.17, 15) is 14.9 Å². The van der Waals surface area contributed by atoms with Gasteiger partial charge >= 0.3 is 0 Å². The number of fused-ring (bicyclic) bond motifs is 2. The van der Waals surface area contributed by atoms with Crippen molar-refractivity contribution in [3.63, 3.8) is 0 Å². The first kappa shape index (κ1) is 16.0. The van der Waals surface area contributed by atoms with Gasteiger partial charge in [0.05, 0.1) is 16.1 Å². The molecule has 0 aliphatic heterocycles. The largest absolute Gasteiger partial charge is 0.294 e. The van der Waals surface area contributed by atoms with Crippen LogP contribution in [-0.2, 0) is 6.42 Å². The van der Waals surface area contributed by atoms with Gasteiger partial charge in [0, 0.05) is 38.6 Å². The minimum absolute atomic E-state index is 0.0123. The summed E-state index contributed by atoms with van der Waals surface area (Å²) < 4.78 is 0.694. The number of carbonyl (C=O) groups is 1. The number of nitrogens with zero attached hydrogens (tertiary/aromatic N) is 2. The Hall–Kier alpha value is -1.83. The Labute approximate surface area is 147 Å². The van der Waals surface area contributed by atoms with Crippen LogP contribution in [0, 0.1) is 15.5 Å². The summed E-state index contributed by atoms with van der Waals surface area (Å²) in [6, 6.07) is 4.56. The van der Waals surface area contributed by atoms with Gasteiger partial charge in [0.25, 0.3) is 5.69 Å². The molecule has 1 aliphatic carbocycles. The van der Waals surface area contributed by atoms with Crippen molar-refractivity contribution in [3.05, 3.63) is 51.7 Å². The first-order valence-electron chi connectivity index (χ1n) is 7.18. The van der Waals surface area contributed by atoms with Crippen LogP contribution in [0.5, 0.6) is 0 Å². The maximum atomic E-state index is 12.7. The fourth-order valence-electron chi connectivity index (χ4n) is 3.16. The number of benzene rings is 1. The lowest BCUT2D eigenvalue weighted by Crippen LogP contribution is -2.29. The SMILES string of the molecule is C=C(I)c1c2c(nc3ccc([N+](=O)[O-])cc13)CC(C)(C)CC2=O. The molecule has 118 valence electrons. The van der Waals surface area contributed by atoms with Gasteiger partial charge in [-0.3, -0.25) is 19.9 Å². The quantitative estimate of drug-likeness (QED) is 0.400. The third kappa shape index (κ3) is 2.75. The molecule has 0 unspecified atom stereocenters. The number of rotatable bonds is 2. The number of hydrogen-bond acceptors (Lipinski definition) is 4. The Kier molecular flexibility index (Phi) is 3.74. The van der Waals surface area contributed by atoms with E-state index in [0.717, 1.165) is 5.69 Å². The number of carbonyl (C=O) groups excluding carboxylic acids is 1. The molecule has 0 bridgehead atoms. The lowest BCUT2D eigenvalue weighted by atomic mass is 9.74. The standard InChI is InChI=1S/C17H15IN2O3/c1-9(18)15-11-6-10(20(22)23)4-5-12(11)19-13-7-17(2,3)8-14(21)16(13)15/h4-6H,1,7-8H2,2-3H3. The second-order valence-electron chi connectivity index (χ2n) is 6.61. The summed E-state index contributed by atoms with van der Waals surface area (Å²) in [6.45, 7) is 8.07. The molecule has 1 aliphatic rings. The van der Waals surface area contributed by atoms with Crippen LogP contribution in [0.15, 0.2) is 24.8 Å². The van der Waals surface area contributed by atoms with Crippen LogP contribution in [0.1, 0.15) is 41.9 Å². The zero-order valence-corrected chi connectivity index (χ0v) is 15.0. The van der Waals surface area contributed by atoms with Gasteiger partial charge < -0.3 is 0 Å². The predicted molar refractivity (Wildman–Crippen MR) is 97.9 cm³/mol. The van der Waals surface area contributed by atoms with E-state index in [2.05, 4.69) is 34.2 Å². The summed E-state index contributed by atoms with van der Waals surface area (Å²) in [4.78, 5) is 27.9. The van der Waals surface area contributed by atoms with Gasteiger partial charge in [0.2, 0.25) is 0 Å². The van der Waals surface area contributed by atoms with Crippen molar-refractivity contribution in [2.45, 2.75) is 26.7 Å². The first-order valence-corrected chi connectivity index (χ1v) is 8.26. The van der Waals surface area contributed by atoms with Crippen molar-refractivity contribution in [1.82, 2.24) is 4.98 Å². The third-order valence-electron chi connectivity index (χ3n) is 4.09. The lowest BCUT2D eigenvalue weighted by Gasteiger charge is -2.31. The minimum Gasteiger partial charge on any atom is -0.294 e. The molecule has 0 N–H and O–H groups in total. The molecule has 2 aromatic rings. The zero-order chi connectivity index (χ0) is 16.9. The van der Waals surface area contributed by atoms with Crippen LogP contribution in [0.25, 0.3) is 14.5 Å².